The highest BCUT2D eigenvalue weighted by molar-refractivity contribution is 5.00. The summed E-state index contributed by atoms with van der Waals surface area (Å²) in [6.45, 7) is 2.27. The van der Waals surface area contributed by atoms with Crippen molar-refractivity contribution in [1.29, 1.82) is 0 Å². The van der Waals surface area contributed by atoms with Crippen LogP contribution < -0.4 is 0 Å². The molecule has 1 aliphatic carbocycles. The van der Waals surface area contributed by atoms with E-state index in [1.54, 1.807) is 0 Å². The molecule has 1 aromatic rings. The van der Waals surface area contributed by atoms with Crippen molar-refractivity contribution >= 4 is 0 Å². The fraction of sp³-hybridized carbons (Fsp3) is 0.600. The van der Waals surface area contributed by atoms with Crippen LogP contribution in [0.5, 0.6) is 0 Å². The zero-order valence-corrected chi connectivity index (χ0v) is 7.03. The third kappa shape index (κ3) is 1.32. The van der Waals surface area contributed by atoms with Gasteiger partial charge >= 0.3 is 0 Å². The van der Waals surface area contributed by atoms with Gasteiger partial charge < -0.3 is 4.57 Å². The van der Waals surface area contributed by atoms with Gasteiger partial charge in [-0.25, -0.2) is 0 Å². The first kappa shape index (κ1) is 6.96. The van der Waals surface area contributed by atoms with E-state index in [0.29, 0.717) is 0 Å². The van der Waals surface area contributed by atoms with Crippen LogP contribution in [0.2, 0.25) is 0 Å². The molecule has 1 heterocycles. The molecule has 2 unspecified atom stereocenters. The van der Waals surface area contributed by atoms with Crippen LogP contribution in [0.25, 0.3) is 0 Å². The molecule has 1 nitrogen and oxygen atoms in total. The largest absolute Gasteiger partial charge is 0.351 e. The summed E-state index contributed by atoms with van der Waals surface area (Å²) < 4.78 is 2.35. The Morgan fingerprint density at radius 1 is 1.36 bits per heavy atom. The first-order valence-electron chi connectivity index (χ1n) is 4.54. The highest BCUT2D eigenvalue weighted by atomic mass is 15.0. The van der Waals surface area contributed by atoms with E-state index in [1.807, 2.05) is 0 Å². The molecule has 0 saturated heterocycles. The fourth-order valence-corrected chi connectivity index (χ4v) is 1.85. The second kappa shape index (κ2) is 2.72. The van der Waals surface area contributed by atoms with Gasteiger partial charge in [-0.2, -0.15) is 0 Å². The van der Waals surface area contributed by atoms with E-state index in [0.717, 1.165) is 12.0 Å². The first-order chi connectivity index (χ1) is 5.42. The molecule has 1 aliphatic rings. The lowest BCUT2D eigenvalue weighted by Crippen LogP contribution is -1.91. The van der Waals surface area contributed by atoms with Gasteiger partial charge in [0.1, 0.15) is 0 Å². The van der Waals surface area contributed by atoms with Crippen molar-refractivity contribution in [2.75, 3.05) is 0 Å². The minimum atomic E-state index is 0.838. The van der Waals surface area contributed by atoms with Crippen molar-refractivity contribution in [2.24, 2.45) is 5.92 Å². The summed E-state index contributed by atoms with van der Waals surface area (Å²) in [5.74, 6) is 0.979. The van der Waals surface area contributed by atoms with Crippen LogP contribution in [0, 0.1) is 5.92 Å². The predicted molar refractivity (Wildman–Crippen MR) is 46.5 cm³/mol. The number of hydrogen-bond acceptors (Lipinski definition) is 0. The van der Waals surface area contributed by atoms with E-state index in [9.17, 15) is 0 Å². The molecule has 0 spiro atoms. The predicted octanol–water partition coefficient (Wildman–Crippen LogP) is 2.85. The Bertz CT molecular complexity index is 213. The molecule has 60 valence electrons. The average molecular weight is 149 g/mol. The van der Waals surface area contributed by atoms with Crippen molar-refractivity contribution in [3.8, 4) is 0 Å². The molecule has 0 N–H and O–H groups in total. The van der Waals surface area contributed by atoms with Crippen LogP contribution in [-0.4, -0.2) is 4.57 Å². The third-order valence-electron chi connectivity index (χ3n) is 2.56. The quantitative estimate of drug-likeness (QED) is 0.622. The van der Waals surface area contributed by atoms with Gasteiger partial charge in [-0.1, -0.05) is 13.3 Å². The number of nitrogens with zero attached hydrogens (tertiary/aromatic N) is 1. The van der Waals surface area contributed by atoms with Gasteiger partial charge in [-0.05, 0) is 30.9 Å². The number of rotatable bonds is 3. The highest BCUT2D eigenvalue weighted by Crippen LogP contribution is 2.46. The van der Waals surface area contributed by atoms with E-state index in [4.69, 9.17) is 0 Å². The molecule has 2 rings (SSSR count). The maximum atomic E-state index is 2.35. The molecule has 1 fully saturated rings. The lowest BCUT2D eigenvalue weighted by molar-refractivity contribution is 0.610. The summed E-state index contributed by atoms with van der Waals surface area (Å²) in [6, 6.07) is 5.06. The summed E-state index contributed by atoms with van der Waals surface area (Å²) in [4.78, 5) is 0. The SMILES string of the molecule is CCCC1CC1n1cccc1. The van der Waals surface area contributed by atoms with E-state index < -0.39 is 0 Å². The van der Waals surface area contributed by atoms with Crippen LogP contribution in [0.15, 0.2) is 24.5 Å². The molecule has 1 saturated carbocycles. The average Bonchev–Trinajstić information content (AvgIpc) is 2.61. The van der Waals surface area contributed by atoms with Crippen LogP contribution >= 0.6 is 0 Å². The Labute approximate surface area is 68.0 Å². The van der Waals surface area contributed by atoms with E-state index >= 15 is 0 Å². The van der Waals surface area contributed by atoms with Crippen molar-refractivity contribution in [2.45, 2.75) is 32.2 Å². The van der Waals surface area contributed by atoms with Gasteiger partial charge in [0, 0.05) is 18.4 Å². The van der Waals surface area contributed by atoms with E-state index in [-0.39, 0.29) is 0 Å². The van der Waals surface area contributed by atoms with E-state index in [1.165, 1.54) is 19.3 Å². The van der Waals surface area contributed by atoms with Gasteiger partial charge in [0.25, 0.3) is 0 Å². The molecule has 0 radical (unpaired) electrons. The van der Waals surface area contributed by atoms with Gasteiger partial charge in [-0.3, -0.25) is 0 Å². The monoisotopic (exact) mass is 149 g/mol. The van der Waals surface area contributed by atoms with Crippen molar-refractivity contribution in [3.05, 3.63) is 24.5 Å². The van der Waals surface area contributed by atoms with Crippen LogP contribution in [0.1, 0.15) is 32.2 Å². The van der Waals surface area contributed by atoms with Gasteiger partial charge in [0.15, 0.2) is 0 Å². The van der Waals surface area contributed by atoms with Crippen molar-refractivity contribution < 1.29 is 0 Å². The Morgan fingerprint density at radius 3 is 2.73 bits per heavy atom. The molecule has 0 aromatic carbocycles. The molecule has 0 aliphatic heterocycles. The third-order valence-corrected chi connectivity index (χ3v) is 2.56. The van der Waals surface area contributed by atoms with Gasteiger partial charge in [0.2, 0.25) is 0 Å². The zero-order valence-electron chi connectivity index (χ0n) is 7.03. The van der Waals surface area contributed by atoms with Gasteiger partial charge in [0.05, 0.1) is 0 Å². The molecular formula is C10H15N. The molecule has 11 heavy (non-hydrogen) atoms. The Hall–Kier alpha value is -0.720. The molecule has 2 atom stereocenters. The lowest BCUT2D eigenvalue weighted by Gasteiger charge is -1.99. The van der Waals surface area contributed by atoms with Gasteiger partial charge in [-0.15, -0.1) is 0 Å². The summed E-state index contributed by atoms with van der Waals surface area (Å²) in [6.07, 6.45) is 8.51. The smallest absolute Gasteiger partial charge is 0.0363 e. The number of aromatic nitrogens is 1. The molecule has 1 aromatic heterocycles. The summed E-state index contributed by atoms with van der Waals surface area (Å²) in [7, 11) is 0. The summed E-state index contributed by atoms with van der Waals surface area (Å²) >= 11 is 0. The Kier molecular flexibility index (Phi) is 1.72. The molecule has 0 bridgehead atoms. The van der Waals surface area contributed by atoms with Crippen LogP contribution in [-0.2, 0) is 0 Å². The minimum absolute atomic E-state index is 0.838. The second-order valence-electron chi connectivity index (χ2n) is 3.48. The highest BCUT2D eigenvalue weighted by Gasteiger charge is 2.36. The second-order valence-corrected chi connectivity index (χ2v) is 3.48. The fourth-order valence-electron chi connectivity index (χ4n) is 1.85. The summed E-state index contributed by atoms with van der Waals surface area (Å²) in [5, 5.41) is 0. The maximum absolute atomic E-state index is 2.35. The zero-order chi connectivity index (χ0) is 7.68. The Balaban J connectivity index is 1.92. The maximum Gasteiger partial charge on any atom is 0.0363 e. The normalized spacial score (nSPS) is 28.8. The number of hydrogen-bond donors (Lipinski definition) is 0. The summed E-state index contributed by atoms with van der Waals surface area (Å²) in [5.41, 5.74) is 0. The molecule has 0 amide bonds. The lowest BCUT2D eigenvalue weighted by atomic mass is 10.2. The standard InChI is InChI=1S/C10H15N/c1-2-5-9-8-10(9)11-6-3-4-7-11/h3-4,6-7,9-10H,2,5,8H2,1H3. The van der Waals surface area contributed by atoms with Crippen LogP contribution in [0.4, 0.5) is 0 Å². The molecular weight excluding hydrogens is 134 g/mol. The minimum Gasteiger partial charge on any atom is -0.351 e. The first-order valence-corrected chi connectivity index (χ1v) is 4.54. The van der Waals surface area contributed by atoms with Crippen molar-refractivity contribution in [1.82, 2.24) is 4.57 Å². The van der Waals surface area contributed by atoms with E-state index in [2.05, 4.69) is 36.0 Å². The Morgan fingerprint density at radius 2 is 2.09 bits per heavy atom. The van der Waals surface area contributed by atoms with Crippen LogP contribution in [0.3, 0.4) is 0 Å². The topological polar surface area (TPSA) is 4.93 Å². The van der Waals surface area contributed by atoms with Crippen molar-refractivity contribution in [3.63, 3.8) is 0 Å². The molecule has 1 heteroatoms.